The molecule has 0 saturated heterocycles. The van der Waals surface area contributed by atoms with Gasteiger partial charge in [0.1, 0.15) is 11.6 Å². The predicted molar refractivity (Wildman–Crippen MR) is 111 cm³/mol. The molecular weight excluding hydrogens is 342 g/mol. The van der Waals surface area contributed by atoms with Crippen LogP contribution in [0.1, 0.15) is 112 Å². The quantitative estimate of drug-likeness (QED) is 0.271. The third-order valence-corrected chi connectivity index (χ3v) is 4.33. The van der Waals surface area contributed by atoms with Gasteiger partial charge < -0.3 is 14.8 Å². The van der Waals surface area contributed by atoms with E-state index in [0.717, 1.165) is 12.8 Å². The average Bonchev–Trinajstić information content (AvgIpc) is 2.57. The van der Waals surface area contributed by atoms with Gasteiger partial charge in [0.25, 0.3) is 0 Å². The number of unbranched alkanes of at least 4 members (excludes halogenated alkanes) is 11. The second-order valence-corrected chi connectivity index (χ2v) is 8.42. The number of nitrogens with one attached hydrogen (secondary N) is 1. The molecular formula is C22H43NO4. The van der Waals surface area contributed by atoms with Crippen molar-refractivity contribution in [2.75, 3.05) is 6.61 Å². The van der Waals surface area contributed by atoms with E-state index >= 15 is 0 Å². The lowest BCUT2D eigenvalue weighted by Crippen LogP contribution is -2.42. The van der Waals surface area contributed by atoms with Crippen LogP contribution < -0.4 is 5.32 Å². The first kappa shape index (κ1) is 25.7. The third-order valence-electron chi connectivity index (χ3n) is 4.33. The summed E-state index contributed by atoms with van der Waals surface area (Å²) in [7, 11) is 0. The van der Waals surface area contributed by atoms with E-state index in [-0.39, 0.29) is 0 Å². The summed E-state index contributed by atoms with van der Waals surface area (Å²) in [5.41, 5.74) is -0.581. The van der Waals surface area contributed by atoms with Crippen LogP contribution in [-0.4, -0.2) is 30.3 Å². The number of carbonyl (C=O) groups excluding carboxylic acids is 2. The van der Waals surface area contributed by atoms with Crippen LogP contribution in [0, 0.1) is 0 Å². The minimum absolute atomic E-state index is 0.413. The van der Waals surface area contributed by atoms with Gasteiger partial charge in [-0.1, -0.05) is 77.6 Å². The number of rotatable bonds is 15. The molecule has 0 spiro atoms. The Labute approximate surface area is 167 Å². The first-order chi connectivity index (χ1) is 12.8. The summed E-state index contributed by atoms with van der Waals surface area (Å²) in [5, 5.41) is 2.50. The summed E-state index contributed by atoms with van der Waals surface area (Å²) in [5.74, 6) is -0.413. The molecule has 27 heavy (non-hydrogen) atoms. The van der Waals surface area contributed by atoms with Crippen molar-refractivity contribution in [1.82, 2.24) is 5.32 Å². The van der Waals surface area contributed by atoms with Gasteiger partial charge in [-0.2, -0.15) is 0 Å². The maximum Gasteiger partial charge on any atom is 0.408 e. The molecule has 0 rings (SSSR count). The number of esters is 1. The fourth-order valence-electron chi connectivity index (χ4n) is 2.78. The third kappa shape index (κ3) is 17.9. The molecule has 160 valence electrons. The van der Waals surface area contributed by atoms with Gasteiger partial charge in [0, 0.05) is 0 Å². The molecule has 0 saturated carbocycles. The van der Waals surface area contributed by atoms with E-state index in [9.17, 15) is 9.59 Å². The molecule has 0 aliphatic heterocycles. The van der Waals surface area contributed by atoms with Gasteiger partial charge in [0.05, 0.1) is 6.61 Å². The van der Waals surface area contributed by atoms with Crippen LogP contribution in [-0.2, 0) is 14.3 Å². The van der Waals surface area contributed by atoms with Crippen molar-refractivity contribution >= 4 is 12.1 Å². The number of ether oxygens (including phenoxy) is 2. The standard InChI is InChI=1S/C22H43NO4/c1-6-7-8-9-10-11-12-13-14-15-16-17-18-26-20(24)19(2)23-21(25)27-22(3,4)5/h19H,6-18H2,1-5H3,(H,23,25)/t19-/m0/s1. The Morgan fingerprint density at radius 1 is 0.815 bits per heavy atom. The van der Waals surface area contributed by atoms with E-state index in [2.05, 4.69) is 12.2 Å². The minimum Gasteiger partial charge on any atom is -0.464 e. The van der Waals surface area contributed by atoms with Crippen LogP contribution in [0.5, 0.6) is 0 Å². The molecule has 0 aromatic carbocycles. The van der Waals surface area contributed by atoms with Crippen LogP contribution in [0.2, 0.25) is 0 Å². The Bertz CT molecular complexity index is 390. The summed E-state index contributed by atoms with van der Waals surface area (Å²) < 4.78 is 10.3. The van der Waals surface area contributed by atoms with Crippen molar-refractivity contribution in [3.05, 3.63) is 0 Å². The number of carbonyl (C=O) groups is 2. The van der Waals surface area contributed by atoms with Crippen molar-refractivity contribution in [3.8, 4) is 0 Å². The molecule has 0 heterocycles. The highest BCUT2D eigenvalue weighted by molar-refractivity contribution is 5.80. The van der Waals surface area contributed by atoms with E-state index < -0.39 is 23.7 Å². The smallest absolute Gasteiger partial charge is 0.408 e. The molecule has 5 nitrogen and oxygen atoms in total. The van der Waals surface area contributed by atoms with Crippen LogP contribution in [0.3, 0.4) is 0 Å². The monoisotopic (exact) mass is 385 g/mol. The molecule has 1 N–H and O–H groups in total. The Hall–Kier alpha value is -1.26. The van der Waals surface area contributed by atoms with Gasteiger partial charge >= 0.3 is 12.1 Å². The van der Waals surface area contributed by atoms with E-state index in [1.165, 1.54) is 64.2 Å². The zero-order valence-corrected chi connectivity index (χ0v) is 18.4. The van der Waals surface area contributed by atoms with Gasteiger partial charge in [-0.25, -0.2) is 9.59 Å². The average molecular weight is 386 g/mol. The molecule has 0 aromatic rings. The lowest BCUT2D eigenvalue weighted by molar-refractivity contribution is -0.145. The second kappa shape index (κ2) is 15.8. The van der Waals surface area contributed by atoms with Crippen LogP contribution in [0.15, 0.2) is 0 Å². The Balaban J connectivity index is 3.48. The molecule has 0 radical (unpaired) electrons. The van der Waals surface area contributed by atoms with Crippen molar-refractivity contribution < 1.29 is 19.1 Å². The largest absolute Gasteiger partial charge is 0.464 e. The van der Waals surface area contributed by atoms with E-state index in [1.54, 1.807) is 27.7 Å². The Morgan fingerprint density at radius 3 is 1.70 bits per heavy atom. The maximum absolute atomic E-state index is 11.9. The highest BCUT2D eigenvalue weighted by Crippen LogP contribution is 2.12. The fourth-order valence-corrected chi connectivity index (χ4v) is 2.78. The van der Waals surface area contributed by atoms with Crippen molar-refractivity contribution in [3.63, 3.8) is 0 Å². The van der Waals surface area contributed by atoms with Crippen LogP contribution in [0.25, 0.3) is 0 Å². The summed E-state index contributed by atoms with van der Waals surface area (Å²) in [6.45, 7) is 9.61. The Kier molecular flexibility index (Phi) is 15.0. The van der Waals surface area contributed by atoms with Crippen molar-refractivity contribution in [2.24, 2.45) is 0 Å². The minimum atomic E-state index is -0.697. The maximum atomic E-state index is 11.9. The number of hydrogen-bond acceptors (Lipinski definition) is 4. The first-order valence-corrected chi connectivity index (χ1v) is 10.9. The van der Waals surface area contributed by atoms with E-state index in [0.29, 0.717) is 6.61 Å². The van der Waals surface area contributed by atoms with Gasteiger partial charge in [0.2, 0.25) is 0 Å². The summed E-state index contributed by atoms with van der Waals surface area (Å²) in [6.07, 6.45) is 14.7. The molecule has 0 aliphatic rings. The van der Waals surface area contributed by atoms with E-state index in [1.807, 2.05) is 0 Å². The van der Waals surface area contributed by atoms with E-state index in [4.69, 9.17) is 9.47 Å². The van der Waals surface area contributed by atoms with Crippen molar-refractivity contribution in [1.29, 1.82) is 0 Å². The number of amides is 1. The first-order valence-electron chi connectivity index (χ1n) is 10.9. The van der Waals surface area contributed by atoms with Gasteiger partial charge in [-0.15, -0.1) is 0 Å². The highest BCUT2D eigenvalue weighted by Gasteiger charge is 2.21. The van der Waals surface area contributed by atoms with Gasteiger partial charge in [-0.3, -0.25) is 0 Å². The molecule has 1 amide bonds. The molecule has 0 fully saturated rings. The lowest BCUT2D eigenvalue weighted by atomic mass is 10.1. The molecule has 0 aliphatic carbocycles. The van der Waals surface area contributed by atoms with Crippen LogP contribution in [0.4, 0.5) is 4.79 Å². The highest BCUT2D eigenvalue weighted by atomic mass is 16.6. The molecule has 5 heteroatoms. The topological polar surface area (TPSA) is 64.6 Å². The van der Waals surface area contributed by atoms with Crippen LogP contribution >= 0.6 is 0 Å². The molecule has 0 aromatic heterocycles. The zero-order valence-electron chi connectivity index (χ0n) is 18.4. The molecule has 0 bridgehead atoms. The molecule has 0 unspecified atom stereocenters. The molecule has 1 atom stereocenters. The summed E-state index contributed by atoms with van der Waals surface area (Å²) in [6, 6.07) is -0.697. The number of hydrogen-bond donors (Lipinski definition) is 1. The Morgan fingerprint density at radius 2 is 1.26 bits per heavy atom. The predicted octanol–water partition coefficient (Wildman–Crippen LogP) is 6.14. The fraction of sp³-hybridized carbons (Fsp3) is 0.909. The summed E-state index contributed by atoms with van der Waals surface area (Å²) >= 11 is 0. The summed E-state index contributed by atoms with van der Waals surface area (Å²) in [4.78, 5) is 23.5. The number of alkyl carbamates (subject to hydrolysis) is 1. The lowest BCUT2D eigenvalue weighted by Gasteiger charge is -2.21. The normalized spacial score (nSPS) is 12.5. The van der Waals surface area contributed by atoms with Gasteiger partial charge in [-0.05, 0) is 34.1 Å². The van der Waals surface area contributed by atoms with Crippen molar-refractivity contribution in [2.45, 2.75) is 123 Å². The second-order valence-electron chi connectivity index (χ2n) is 8.42. The van der Waals surface area contributed by atoms with Gasteiger partial charge in [0.15, 0.2) is 0 Å². The zero-order chi connectivity index (χ0) is 20.5. The SMILES string of the molecule is CCCCCCCCCCCCCCOC(=O)[C@H](C)NC(=O)OC(C)(C)C.